The van der Waals surface area contributed by atoms with Crippen LogP contribution in [0.2, 0.25) is 5.02 Å². The lowest BCUT2D eigenvalue weighted by atomic mass is 10.1. The second kappa shape index (κ2) is 4.67. The first-order valence-electron chi connectivity index (χ1n) is 5.20. The van der Waals surface area contributed by atoms with E-state index in [-0.39, 0.29) is 11.6 Å². The van der Waals surface area contributed by atoms with E-state index in [1.165, 1.54) is 11.0 Å². The summed E-state index contributed by atoms with van der Waals surface area (Å²) >= 11 is 6.03. The van der Waals surface area contributed by atoms with Crippen molar-refractivity contribution >= 4 is 29.7 Å². The summed E-state index contributed by atoms with van der Waals surface area (Å²) in [7, 11) is 0. The third kappa shape index (κ3) is 1.81. The van der Waals surface area contributed by atoms with Crippen LogP contribution in [0.25, 0.3) is 0 Å². The van der Waals surface area contributed by atoms with Gasteiger partial charge in [-0.25, -0.2) is 4.79 Å². The Kier molecular flexibility index (Phi) is 3.21. The topological polar surface area (TPSA) is 70.4 Å². The van der Waals surface area contributed by atoms with Gasteiger partial charge in [0.25, 0.3) is 0 Å². The fraction of sp³-hybridized carbons (Fsp3) is 0.250. The standard InChI is InChI=1S/C12H9ClN2O3/c1-7-10(3-2-8(4-14)11(7)13)15-9(5-16)6-18-12(15)17/h2-3,5,9H,6H2,1H3/t9-/m0/s1. The third-order valence-corrected chi connectivity index (χ3v) is 3.29. The lowest BCUT2D eigenvalue weighted by Gasteiger charge is -2.20. The highest BCUT2D eigenvalue weighted by Gasteiger charge is 2.35. The maximum Gasteiger partial charge on any atom is 0.415 e. The molecule has 1 saturated heterocycles. The Labute approximate surface area is 109 Å². The minimum Gasteiger partial charge on any atom is -0.446 e. The summed E-state index contributed by atoms with van der Waals surface area (Å²) in [5.74, 6) is 0. The number of anilines is 1. The van der Waals surface area contributed by atoms with Gasteiger partial charge in [0.15, 0.2) is 0 Å². The van der Waals surface area contributed by atoms with Crippen molar-refractivity contribution in [1.82, 2.24) is 0 Å². The van der Waals surface area contributed by atoms with Crippen molar-refractivity contribution in [2.24, 2.45) is 0 Å². The lowest BCUT2D eigenvalue weighted by molar-refractivity contribution is -0.108. The minimum atomic E-state index is -0.653. The van der Waals surface area contributed by atoms with Gasteiger partial charge in [-0.1, -0.05) is 11.6 Å². The van der Waals surface area contributed by atoms with Gasteiger partial charge in [0.05, 0.1) is 16.3 Å². The molecule has 0 radical (unpaired) electrons. The van der Waals surface area contributed by atoms with E-state index in [1.807, 2.05) is 6.07 Å². The highest BCUT2D eigenvalue weighted by Crippen LogP contribution is 2.32. The molecule has 1 aliphatic rings. The van der Waals surface area contributed by atoms with Gasteiger partial charge in [0, 0.05) is 0 Å². The van der Waals surface area contributed by atoms with E-state index in [4.69, 9.17) is 21.6 Å². The van der Waals surface area contributed by atoms with Crippen LogP contribution in [-0.2, 0) is 9.53 Å². The van der Waals surface area contributed by atoms with E-state index in [0.29, 0.717) is 23.1 Å². The molecular formula is C12H9ClN2O3. The number of nitriles is 1. The molecule has 0 unspecified atom stereocenters. The molecule has 1 aliphatic heterocycles. The zero-order chi connectivity index (χ0) is 13.3. The van der Waals surface area contributed by atoms with Gasteiger partial charge in [-0.15, -0.1) is 0 Å². The largest absolute Gasteiger partial charge is 0.446 e. The molecule has 1 atom stereocenters. The predicted molar refractivity (Wildman–Crippen MR) is 64.6 cm³/mol. The molecule has 1 amide bonds. The minimum absolute atomic E-state index is 0.0272. The number of ether oxygens (including phenoxy) is 1. The maximum atomic E-state index is 11.6. The summed E-state index contributed by atoms with van der Waals surface area (Å²) < 4.78 is 4.82. The summed E-state index contributed by atoms with van der Waals surface area (Å²) in [5, 5.41) is 9.13. The first-order chi connectivity index (χ1) is 8.60. The zero-order valence-electron chi connectivity index (χ0n) is 9.51. The van der Waals surface area contributed by atoms with Crippen LogP contribution >= 0.6 is 11.6 Å². The number of carbonyl (C=O) groups is 2. The molecule has 0 bridgehead atoms. The Bertz CT molecular complexity index is 565. The first kappa shape index (κ1) is 12.4. The molecule has 92 valence electrons. The third-order valence-electron chi connectivity index (χ3n) is 2.80. The average molecular weight is 265 g/mol. The van der Waals surface area contributed by atoms with Gasteiger partial charge < -0.3 is 9.53 Å². The highest BCUT2D eigenvalue weighted by atomic mass is 35.5. The molecule has 0 spiro atoms. The number of cyclic esters (lactones) is 1. The van der Waals surface area contributed by atoms with Gasteiger partial charge in [0.2, 0.25) is 0 Å². The fourth-order valence-electron chi connectivity index (χ4n) is 1.84. The van der Waals surface area contributed by atoms with Crippen molar-refractivity contribution in [2.45, 2.75) is 13.0 Å². The summed E-state index contributed by atoms with van der Waals surface area (Å²) in [6.45, 7) is 1.71. The quantitative estimate of drug-likeness (QED) is 0.767. The second-order valence-corrected chi connectivity index (χ2v) is 4.21. The molecule has 0 aliphatic carbocycles. The zero-order valence-corrected chi connectivity index (χ0v) is 10.3. The van der Waals surface area contributed by atoms with Crippen LogP contribution in [0.5, 0.6) is 0 Å². The number of amides is 1. The van der Waals surface area contributed by atoms with E-state index >= 15 is 0 Å². The average Bonchev–Trinajstić information content (AvgIpc) is 2.74. The molecule has 18 heavy (non-hydrogen) atoms. The normalized spacial score (nSPS) is 18.4. The molecule has 6 heteroatoms. The number of hydrogen-bond donors (Lipinski definition) is 0. The number of benzene rings is 1. The number of rotatable bonds is 2. The molecule has 0 aromatic heterocycles. The smallest absolute Gasteiger partial charge is 0.415 e. The summed E-state index contributed by atoms with van der Waals surface area (Å²) in [5.41, 5.74) is 1.38. The second-order valence-electron chi connectivity index (χ2n) is 3.83. The van der Waals surface area contributed by atoms with Crippen molar-refractivity contribution in [3.63, 3.8) is 0 Å². The van der Waals surface area contributed by atoms with Gasteiger partial charge in [-0.3, -0.25) is 4.90 Å². The summed E-state index contributed by atoms with van der Waals surface area (Å²) in [6.07, 6.45) is 0.0622. The van der Waals surface area contributed by atoms with Crippen LogP contribution in [-0.4, -0.2) is 25.0 Å². The van der Waals surface area contributed by atoms with Gasteiger partial charge >= 0.3 is 6.09 Å². The van der Waals surface area contributed by atoms with Crippen LogP contribution in [0.1, 0.15) is 11.1 Å². The number of nitrogens with zero attached hydrogens (tertiary/aromatic N) is 2. The first-order valence-corrected chi connectivity index (χ1v) is 5.58. The van der Waals surface area contributed by atoms with Crippen molar-refractivity contribution in [3.05, 3.63) is 28.3 Å². The molecule has 5 nitrogen and oxygen atoms in total. The van der Waals surface area contributed by atoms with Crippen molar-refractivity contribution < 1.29 is 14.3 Å². The van der Waals surface area contributed by atoms with E-state index in [0.717, 1.165) is 0 Å². The molecule has 1 fully saturated rings. The van der Waals surface area contributed by atoms with Crippen LogP contribution in [0, 0.1) is 18.3 Å². The van der Waals surface area contributed by atoms with Crippen molar-refractivity contribution in [3.8, 4) is 6.07 Å². The predicted octanol–water partition coefficient (Wildman–Crippen LogP) is 2.04. The highest BCUT2D eigenvalue weighted by molar-refractivity contribution is 6.33. The summed E-state index contributed by atoms with van der Waals surface area (Å²) in [4.78, 5) is 23.7. The molecule has 1 aromatic carbocycles. The Morgan fingerprint density at radius 2 is 2.33 bits per heavy atom. The Hall–Kier alpha value is -2.06. The van der Waals surface area contributed by atoms with Gasteiger partial charge in [-0.05, 0) is 24.6 Å². The Balaban J connectivity index is 2.52. The van der Waals surface area contributed by atoms with E-state index in [1.54, 1.807) is 13.0 Å². The molecule has 0 N–H and O–H groups in total. The van der Waals surface area contributed by atoms with Crippen molar-refractivity contribution in [1.29, 1.82) is 5.26 Å². The van der Waals surface area contributed by atoms with E-state index in [2.05, 4.69) is 0 Å². The maximum absolute atomic E-state index is 11.6. The molecule has 1 heterocycles. The van der Waals surface area contributed by atoms with Gasteiger partial charge in [-0.2, -0.15) is 5.26 Å². The SMILES string of the molecule is Cc1c(N2C(=O)OC[C@@H]2C=O)ccc(C#N)c1Cl. The fourth-order valence-corrected chi connectivity index (χ4v) is 2.04. The van der Waals surface area contributed by atoms with E-state index in [9.17, 15) is 9.59 Å². The molecule has 0 saturated carbocycles. The van der Waals surface area contributed by atoms with E-state index < -0.39 is 12.1 Å². The molecule has 1 aromatic rings. The number of halogens is 1. The Morgan fingerprint density at radius 1 is 1.61 bits per heavy atom. The van der Waals surface area contributed by atoms with Crippen LogP contribution in [0.4, 0.5) is 10.5 Å². The van der Waals surface area contributed by atoms with Gasteiger partial charge in [0.1, 0.15) is 25.0 Å². The molecule has 2 rings (SSSR count). The molecular weight excluding hydrogens is 256 g/mol. The number of carbonyl (C=O) groups excluding carboxylic acids is 2. The van der Waals surface area contributed by atoms with Crippen LogP contribution in [0.3, 0.4) is 0 Å². The van der Waals surface area contributed by atoms with Crippen molar-refractivity contribution in [2.75, 3.05) is 11.5 Å². The number of hydrogen-bond acceptors (Lipinski definition) is 4. The summed E-state index contributed by atoms with van der Waals surface area (Å²) in [6, 6.07) is 4.40. The monoisotopic (exact) mass is 264 g/mol. The van der Waals surface area contributed by atoms with Crippen LogP contribution in [0.15, 0.2) is 12.1 Å². The van der Waals surface area contributed by atoms with Crippen LogP contribution < -0.4 is 4.90 Å². The Morgan fingerprint density at radius 3 is 2.94 bits per heavy atom. The lowest BCUT2D eigenvalue weighted by Crippen LogP contribution is -2.35. The number of aldehydes is 1.